The van der Waals surface area contributed by atoms with Gasteiger partial charge in [0.2, 0.25) is 5.91 Å². The molecule has 0 atom stereocenters. The summed E-state index contributed by atoms with van der Waals surface area (Å²) < 4.78 is 5.05. The molecule has 1 aliphatic rings. The first-order valence-corrected chi connectivity index (χ1v) is 5.80. The molecule has 0 unspecified atom stereocenters. The summed E-state index contributed by atoms with van der Waals surface area (Å²) in [5, 5.41) is 6.28. The molecule has 1 amide bonds. The van der Waals surface area contributed by atoms with Crippen LogP contribution in [-0.2, 0) is 9.53 Å². The molecule has 0 aliphatic heterocycles. The third-order valence-electron chi connectivity index (χ3n) is 2.94. The first-order chi connectivity index (χ1) is 7.26. The Balaban J connectivity index is 2.15. The monoisotopic (exact) mass is 214 g/mol. The maximum absolute atomic E-state index is 11.4. The van der Waals surface area contributed by atoms with Gasteiger partial charge < -0.3 is 15.4 Å². The topological polar surface area (TPSA) is 50.4 Å². The number of carbonyl (C=O) groups excluding carboxylic acids is 1. The average Bonchev–Trinajstić information content (AvgIpc) is 2.27. The van der Waals surface area contributed by atoms with Crippen molar-refractivity contribution in [2.24, 2.45) is 0 Å². The SMILES string of the molecule is CCOCC(=O)NC1CCC(NC)CC1. The van der Waals surface area contributed by atoms with E-state index < -0.39 is 0 Å². The van der Waals surface area contributed by atoms with Gasteiger partial charge in [-0.2, -0.15) is 0 Å². The highest BCUT2D eigenvalue weighted by Crippen LogP contribution is 2.18. The maximum Gasteiger partial charge on any atom is 0.246 e. The van der Waals surface area contributed by atoms with Crippen LogP contribution in [0.15, 0.2) is 0 Å². The average molecular weight is 214 g/mol. The Morgan fingerprint density at radius 3 is 2.40 bits per heavy atom. The minimum Gasteiger partial charge on any atom is -0.372 e. The zero-order chi connectivity index (χ0) is 11.1. The van der Waals surface area contributed by atoms with Crippen molar-refractivity contribution in [1.82, 2.24) is 10.6 Å². The molecule has 0 aromatic heterocycles. The molecule has 1 aliphatic carbocycles. The number of nitrogens with one attached hydrogen (secondary N) is 2. The van der Waals surface area contributed by atoms with E-state index in [1.54, 1.807) is 0 Å². The number of ether oxygens (including phenoxy) is 1. The number of amides is 1. The molecule has 0 radical (unpaired) electrons. The van der Waals surface area contributed by atoms with E-state index in [9.17, 15) is 4.79 Å². The maximum atomic E-state index is 11.4. The fourth-order valence-corrected chi connectivity index (χ4v) is 1.99. The van der Waals surface area contributed by atoms with E-state index in [4.69, 9.17) is 4.74 Å². The largest absolute Gasteiger partial charge is 0.372 e. The molecule has 0 spiro atoms. The third-order valence-corrected chi connectivity index (χ3v) is 2.94. The van der Waals surface area contributed by atoms with Crippen LogP contribution in [0.4, 0.5) is 0 Å². The van der Waals surface area contributed by atoms with Crippen molar-refractivity contribution >= 4 is 5.91 Å². The molecule has 4 heteroatoms. The minimum absolute atomic E-state index is 0.0183. The van der Waals surface area contributed by atoms with Crippen LogP contribution in [0.2, 0.25) is 0 Å². The van der Waals surface area contributed by atoms with Crippen LogP contribution < -0.4 is 10.6 Å². The molecule has 0 bridgehead atoms. The zero-order valence-electron chi connectivity index (χ0n) is 9.71. The van der Waals surface area contributed by atoms with Crippen molar-refractivity contribution in [2.75, 3.05) is 20.3 Å². The van der Waals surface area contributed by atoms with Crippen LogP contribution in [-0.4, -0.2) is 38.3 Å². The Bertz CT molecular complexity index is 189. The smallest absolute Gasteiger partial charge is 0.246 e. The predicted molar refractivity (Wildman–Crippen MR) is 59.7 cm³/mol. The Labute approximate surface area is 91.8 Å². The molecule has 4 nitrogen and oxygen atoms in total. The van der Waals surface area contributed by atoms with E-state index in [1.807, 2.05) is 14.0 Å². The van der Waals surface area contributed by atoms with Crippen LogP contribution in [0, 0.1) is 0 Å². The second-order valence-electron chi connectivity index (χ2n) is 4.04. The van der Waals surface area contributed by atoms with Crippen molar-refractivity contribution in [1.29, 1.82) is 0 Å². The van der Waals surface area contributed by atoms with E-state index in [0.717, 1.165) is 25.7 Å². The van der Waals surface area contributed by atoms with Gasteiger partial charge >= 0.3 is 0 Å². The van der Waals surface area contributed by atoms with Gasteiger partial charge in [-0.25, -0.2) is 0 Å². The first kappa shape index (κ1) is 12.5. The highest BCUT2D eigenvalue weighted by atomic mass is 16.5. The number of carbonyl (C=O) groups is 1. The summed E-state index contributed by atoms with van der Waals surface area (Å²) in [6, 6.07) is 0.979. The summed E-state index contributed by atoms with van der Waals surface area (Å²) in [7, 11) is 2.00. The number of rotatable bonds is 5. The quantitative estimate of drug-likeness (QED) is 0.707. The second kappa shape index (κ2) is 6.80. The lowest BCUT2D eigenvalue weighted by Gasteiger charge is -2.28. The van der Waals surface area contributed by atoms with Crippen LogP contribution in [0.5, 0.6) is 0 Å². The molecule has 88 valence electrons. The molecule has 0 saturated heterocycles. The summed E-state index contributed by atoms with van der Waals surface area (Å²) in [5.74, 6) is 0.0183. The Hall–Kier alpha value is -0.610. The van der Waals surface area contributed by atoms with Gasteiger partial charge in [-0.15, -0.1) is 0 Å². The fraction of sp³-hybridized carbons (Fsp3) is 0.909. The van der Waals surface area contributed by atoms with Gasteiger partial charge in [0.05, 0.1) is 0 Å². The summed E-state index contributed by atoms with van der Waals surface area (Å²) in [5.41, 5.74) is 0. The molecule has 0 heterocycles. The van der Waals surface area contributed by atoms with E-state index in [-0.39, 0.29) is 12.5 Å². The fourth-order valence-electron chi connectivity index (χ4n) is 1.99. The molecule has 1 saturated carbocycles. The van der Waals surface area contributed by atoms with Gasteiger partial charge in [-0.1, -0.05) is 0 Å². The predicted octanol–water partition coefficient (Wildman–Crippen LogP) is 0.670. The molecule has 15 heavy (non-hydrogen) atoms. The highest BCUT2D eigenvalue weighted by Gasteiger charge is 2.20. The lowest BCUT2D eigenvalue weighted by molar-refractivity contribution is -0.126. The zero-order valence-corrected chi connectivity index (χ0v) is 9.71. The molecular formula is C11H22N2O2. The van der Waals surface area contributed by atoms with Crippen molar-refractivity contribution in [3.8, 4) is 0 Å². The lowest BCUT2D eigenvalue weighted by Crippen LogP contribution is -2.42. The normalized spacial score (nSPS) is 26.3. The van der Waals surface area contributed by atoms with Crippen LogP contribution in [0.1, 0.15) is 32.6 Å². The van der Waals surface area contributed by atoms with E-state index in [0.29, 0.717) is 18.7 Å². The van der Waals surface area contributed by atoms with Crippen molar-refractivity contribution < 1.29 is 9.53 Å². The van der Waals surface area contributed by atoms with Crippen LogP contribution in [0.3, 0.4) is 0 Å². The molecule has 2 N–H and O–H groups in total. The van der Waals surface area contributed by atoms with Gasteiger partial charge in [0.15, 0.2) is 0 Å². The molecule has 0 aromatic rings. The summed E-state index contributed by atoms with van der Waals surface area (Å²) in [6.45, 7) is 2.69. The summed E-state index contributed by atoms with van der Waals surface area (Å²) in [4.78, 5) is 11.4. The molecule has 0 aromatic carbocycles. The van der Waals surface area contributed by atoms with Crippen molar-refractivity contribution in [2.45, 2.75) is 44.7 Å². The molecule has 1 fully saturated rings. The Kier molecular flexibility index (Phi) is 5.65. The van der Waals surface area contributed by atoms with Gasteiger partial charge in [-0.3, -0.25) is 4.79 Å². The second-order valence-corrected chi connectivity index (χ2v) is 4.04. The summed E-state index contributed by atoms with van der Waals surface area (Å²) in [6.07, 6.45) is 4.44. The van der Waals surface area contributed by atoms with Gasteiger partial charge in [0.25, 0.3) is 0 Å². The standard InChI is InChI=1S/C11H22N2O2/c1-3-15-8-11(14)13-10-6-4-9(12-2)5-7-10/h9-10,12H,3-8H2,1-2H3,(H,13,14). The lowest BCUT2D eigenvalue weighted by atomic mass is 9.91. The highest BCUT2D eigenvalue weighted by molar-refractivity contribution is 5.77. The summed E-state index contributed by atoms with van der Waals surface area (Å²) >= 11 is 0. The van der Waals surface area contributed by atoms with E-state index >= 15 is 0 Å². The van der Waals surface area contributed by atoms with Crippen LogP contribution >= 0.6 is 0 Å². The van der Waals surface area contributed by atoms with Gasteiger partial charge in [0, 0.05) is 18.7 Å². The van der Waals surface area contributed by atoms with Gasteiger partial charge in [0.1, 0.15) is 6.61 Å². The minimum atomic E-state index is 0.0183. The number of hydrogen-bond donors (Lipinski definition) is 2. The van der Waals surface area contributed by atoms with Crippen LogP contribution in [0.25, 0.3) is 0 Å². The Morgan fingerprint density at radius 2 is 1.87 bits per heavy atom. The Morgan fingerprint density at radius 1 is 1.27 bits per heavy atom. The van der Waals surface area contributed by atoms with E-state index in [2.05, 4.69) is 10.6 Å². The molecular weight excluding hydrogens is 192 g/mol. The number of hydrogen-bond acceptors (Lipinski definition) is 3. The van der Waals surface area contributed by atoms with Crippen molar-refractivity contribution in [3.05, 3.63) is 0 Å². The van der Waals surface area contributed by atoms with Gasteiger partial charge in [-0.05, 0) is 39.7 Å². The molecule has 1 rings (SSSR count). The van der Waals surface area contributed by atoms with E-state index in [1.165, 1.54) is 0 Å². The first-order valence-electron chi connectivity index (χ1n) is 5.80. The third kappa shape index (κ3) is 4.62. The van der Waals surface area contributed by atoms with Crippen molar-refractivity contribution in [3.63, 3.8) is 0 Å².